The van der Waals surface area contributed by atoms with Gasteiger partial charge in [0.05, 0.1) is 0 Å². The van der Waals surface area contributed by atoms with E-state index in [4.69, 9.17) is 4.74 Å². The van der Waals surface area contributed by atoms with Crippen molar-refractivity contribution in [2.24, 2.45) is 0 Å². The molecule has 0 radical (unpaired) electrons. The van der Waals surface area contributed by atoms with Gasteiger partial charge in [-0.1, -0.05) is 6.58 Å². The average Bonchev–Trinajstić information content (AvgIpc) is 2.14. The molecule has 0 bridgehead atoms. The normalized spacial score (nSPS) is 20.4. The molecule has 0 amide bonds. The van der Waals surface area contributed by atoms with E-state index in [1.165, 1.54) is 0 Å². The maximum absolute atomic E-state index is 4.93. The summed E-state index contributed by atoms with van der Waals surface area (Å²) < 4.78 is 5.90. The molecule has 0 aromatic rings. The van der Waals surface area contributed by atoms with Gasteiger partial charge in [0, 0.05) is 23.4 Å². The number of hydrogen-bond donors (Lipinski definition) is 0. The van der Waals surface area contributed by atoms with Crippen LogP contribution in [0.5, 0.6) is 0 Å². The first-order chi connectivity index (χ1) is 3.83. The first-order valence-corrected chi connectivity index (χ1v) is 3.80. The van der Waals surface area contributed by atoms with Crippen molar-refractivity contribution in [1.29, 1.82) is 0 Å². The molecule has 44 valence electrons. The topological polar surface area (TPSA) is 9.23 Å². The van der Waals surface area contributed by atoms with Gasteiger partial charge in [0.1, 0.15) is 0 Å². The number of thioether (sulfide) groups is 1. The molecular weight excluding hydrogens is 140 g/mol. The Morgan fingerprint density at radius 2 is 2.75 bits per heavy atom. The van der Waals surface area contributed by atoms with Crippen LogP contribution < -0.4 is 0 Å². The Kier molecular flexibility index (Phi) is 2.05. The van der Waals surface area contributed by atoms with E-state index >= 15 is 0 Å². The zero-order chi connectivity index (χ0) is 5.98. The molecule has 0 aromatic heterocycles. The minimum absolute atomic E-state index is 0.968. The van der Waals surface area contributed by atoms with Gasteiger partial charge in [0.15, 0.2) is 10.1 Å². The van der Waals surface area contributed by atoms with Crippen molar-refractivity contribution in [1.82, 2.24) is 0 Å². The van der Waals surface area contributed by atoms with Gasteiger partial charge in [-0.05, 0) is 0 Å². The molecule has 0 atom stereocenters. The van der Waals surface area contributed by atoms with Crippen LogP contribution in [0.2, 0.25) is 0 Å². The SMILES string of the molecule is C=C1C=[S+][C-](OC)S1. The van der Waals surface area contributed by atoms with Gasteiger partial charge in [0.2, 0.25) is 0 Å². The summed E-state index contributed by atoms with van der Waals surface area (Å²) in [6, 6.07) is 0. The zero-order valence-corrected chi connectivity index (χ0v) is 6.14. The van der Waals surface area contributed by atoms with Crippen LogP contribution in [0, 0.1) is 4.77 Å². The van der Waals surface area contributed by atoms with Crippen molar-refractivity contribution in [3.05, 3.63) is 16.3 Å². The predicted molar refractivity (Wildman–Crippen MR) is 40.4 cm³/mol. The van der Waals surface area contributed by atoms with E-state index in [0.717, 1.165) is 9.67 Å². The van der Waals surface area contributed by atoms with Crippen LogP contribution in [-0.4, -0.2) is 12.5 Å². The van der Waals surface area contributed by atoms with Crippen LogP contribution in [0.15, 0.2) is 11.5 Å². The van der Waals surface area contributed by atoms with Crippen molar-refractivity contribution in [3.63, 3.8) is 0 Å². The van der Waals surface area contributed by atoms with Gasteiger partial charge in [-0.25, -0.2) is 11.8 Å². The van der Waals surface area contributed by atoms with Crippen molar-refractivity contribution in [2.45, 2.75) is 0 Å². The lowest BCUT2D eigenvalue weighted by molar-refractivity contribution is 0.301. The van der Waals surface area contributed by atoms with Crippen LogP contribution in [0.3, 0.4) is 0 Å². The van der Waals surface area contributed by atoms with Crippen LogP contribution in [0.4, 0.5) is 0 Å². The summed E-state index contributed by atoms with van der Waals surface area (Å²) in [6.07, 6.45) is 0. The Morgan fingerprint density at radius 1 is 2.00 bits per heavy atom. The molecule has 1 aliphatic heterocycles. The molecule has 1 heterocycles. The van der Waals surface area contributed by atoms with E-state index < -0.39 is 0 Å². The third-order valence-electron chi connectivity index (χ3n) is 0.668. The van der Waals surface area contributed by atoms with Crippen LogP contribution in [0.1, 0.15) is 0 Å². The Balaban J connectivity index is 2.46. The summed E-state index contributed by atoms with van der Waals surface area (Å²) in [5.74, 6) is 0. The maximum atomic E-state index is 4.93. The van der Waals surface area contributed by atoms with E-state index in [9.17, 15) is 0 Å². The van der Waals surface area contributed by atoms with Gasteiger partial charge in [0.25, 0.3) is 0 Å². The zero-order valence-electron chi connectivity index (χ0n) is 4.51. The lowest BCUT2D eigenvalue weighted by Crippen LogP contribution is -1.85. The van der Waals surface area contributed by atoms with E-state index in [1.807, 2.05) is 5.37 Å². The average molecular weight is 146 g/mol. The summed E-state index contributed by atoms with van der Waals surface area (Å²) in [5, 5.41) is 1.98. The van der Waals surface area contributed by atoms with E-state index in [0.29, 0.717) is 0 Å². The Morgan fingerprint density at radius 3 is 3.00 bits per heavy atom. The molecule has 3 heteroatoms. The van der Waals surface area contributed by atoms with Crippen molar-refractivity contribution >= 4 is 28.5 Å². The molecule has 0 N–H and O–H groups in total. The smallest absolute Gasteiger partial charge is 0.166 e. The number of hydrogen-bond acceptors (Lipinski definition) is 2. The molecule has 0 aromatic carbocycles. The van der Waals surface area contributed by atoms with Gasteiger partial charge >= 0.3 is 0 Å². The highest BCUT2D eigenvalue weighted by atomic mass is 32.2. The second kappa shape index (κ2) is 2.62. The first kappa shape index (κ1) is 6.26. The Bertz CT molecular complexity index is 130. The van der Waals surface area contributed by atoms with Crippen LogP contribution in [-0.2, 0) is 16.1 Å². The number of allylic oxidation sites excluding steroid dienone is 1. The molecule has 1 aliphatic rings. The first-order valence-electron chi connectivity index (χ1n) is 2.10. The highest BCUT2D eigenvalue weighted by molar-refractivity contribution is 8.19. The predicted octanol–water partition coefficient (Wildman–Crippen LogP) is 1.23. The molecule has 0 saturated carbocycles. The van der Waals surface area contributed by atoms with Crippen molar-refractivity contribution in [3.8, 4) is 0 Å². The van der Waals surface area contributed by atoms with Gasteiger partial charge in [-0.2, -0.15) is 0 Å². The van der Waals surface area contributed by atoms with E-state index in [1.54, 1.807) is 30.2 Å². The fourth-order valence-electron chi connectivity index (χ4n) is 0.359. The molecule has 0 saturated heterocycles. The van der Waals surface area contributed by atoms with E-state index in [2.05, 4.69) is 6.58 Å². The highest BCUT2D eigenvalue weighted by Gasteiger charge is 2.11. The largest absolute Gasteiger partial charge is 0.483 e. The van der Waals surface area contributed by atoms with Crippen molar-refractivity contribution in [2.75, 3.05) is 7.11 Å². The minimum atomic E-state index is 0.968. The standard InChI is InChI=1S/C5H6OS2/c1-4-3-7-5(6-2)8-4/h3H,1H2,2H3. The number of rotatable bonds is 1. The second-order valence-electron chi connectivity index (χ2n) is 1.26. The Labute approximate surface area is 57.1 Å². The number of ether oxygens (including phenoxy) is 1. The summed E-state index contributed by atoms with van der Waals surface area (Å²) in [5.41, 5.74) is 0. The molecule has 1 rings (SSSR count). The fraction of sp³-hybridized carbons (Fsp3) is 0.200. The fourth-order valence-corrected chi connectivity index (χ4v) is 1.97. The van der Waals surface area contributed by atoms with Crippen molar-refractivity contribution < 1.29 is 4.74 Å². The summed E-state index contributed by atoms with van der Waals surface area (Å²) >= 11 is 3.16. The molecule has 0 aliphatic carbocycles. The molecule has 8 heavy (non-hydrogen) atoms. The molecule has 0 unspecified atom stereocenters. The molecule has 1 nitrogen and oxygen atoms in total. The monoisotopic (exact) mass is 146 g/mol. The van der Waals surface area contributed by atoms with Crippen LogP contribution in [0.25, 0.3) is 0 Å². The minimum Gasteiger partial charge on any atom is -0.483 e. The lowest BCUT2D eigenvalue weighted by Gasteiger charge is -2.04. The molecule has 0 fully saturated rings. The molecule has 0 spiro atoms. The summed E-state index contributed by atoms with van der Waals surface area (Å²) in [6.45, 7) is 3.74. The highest BCUT2D eigenvalue weighted by Crippen LogP contribution is 2.30. The number of methoxy groups -OCH3 is 1. The lowest BCUT2D eigenvalue weighted by atomic mass is 10.8. The summed E-state index contributed by atoms with van der Waals surface area (Å²) in [4.78, 5) is 1.06. The maximum Gasteiger partial charge on any atom is 0.166 e. The quantitative estimate of drug-likeness (QED) is 0.238. The second-order valence-corrected chi connectivity index (χ2v) is 3.46. The summed E-state index contributed by atoms with van der Waals surface area (Å²) in [7, 11) is 1.67. The van der Waals surface area contributed by atoms with Gasteiger partial charge in [-0.15, -0.1) is 0 Å². The van der Waals surface area contributed by atoms with E-state index in [-0.39, 0.29) is 0 Å². The molecular formula is C5H6OS2. The third kappa shape index (κ3) is 1.31. The Hall–Kier alpha value is 0.140. The van der Waals surface area contributed by atoms with Crippen LogP contribution >= 0.6 is 11.8 Å². The van der Waals surface area contributed by atoms with Gasteiger partial charge < -0.3 is 4.74 Å². The third-order valence-corrected chi connectivity index (χ3v) is 2.83. The van der Waals surface area contributed by atoms with Gasteiger partial charge in [-0.3, -0.25) is 0 Å².